The average molecular weight is 410 g/mol. The predicted molar refractivity (Wildman–Crippen MR) is 101 cm³/mol. The Bertz CT molecular complexity index is 717. The van der Waals surface area contributed by atoms with E-state index in [1.54, 1.807) is 18.1 Å². The van der Waals surface area contributed by atoms with E-state index in [2.05, 4.69) is 25.8 Å². The van der Waals surface area contributed by atoms with Crippen molar-refractivity contribution in [2.75, 3.05) is 43.0 Å². The summed E-state index contributed by atoms with van der Waals surface area (Å²) >= 11 is 9.61. The van der Waals surface area contributed by atoms with Gasteiger partial charge in [0.1, 0.15) is 5.82 Å². The highest BCUT2D eigenvalue weighted by molar-refractivity contribution is 9.10. The van der Waals surface area contributed by atoms with Crippen molar-refractivity contribution >= 4 is 45.1 Å². The van der Waals surface area contributed by atoms with Crippen molar-refractivity contribution in [1.82, 2.24) is 9.88 Å². The second-order valence-electron chi connectivity index (χ2n) is 5.60. The number of aromatic nitrogens is 1. The van der Waals surface area contributed by atoms with Crippen molar-refractivity contribution in [2.45, 2.75) is 0 Å². The average Bonchev–Trinajstić information content (AvgIpc) is 2.62. The van der Waals surface area contributed by atoms with Crippen LogP contribution in [0.25, 0.3) is 0 Å². The predicted octanol–water partition coefficient (Wildman–Crippen LogP) is 3.88. The van der Waals surface area contributed by atoms with Gasteiger partial charge in [-0.25, -0.2) is 9.78 Å². The van der Waals surface area contributed by atoms with Crippen molar-refractivity contribution in [2.24, 2.45) is 0 Å². The fourth-order valence-electron chi connectivity index (χ4n) is 2.71. The second kappa shape index (κ2) is 7.40. The number of halogens is 2. The number of carbonyl (C=O) groups excluding carboxylic acids is 1. The van der Waals surface area contributed by atoms with E-state index in [0.29, 0.717) is 18.1 Å². The SMILES string of the molecule is CN(C(=O)N1CCN(c2ncccc2Cl)CC1)c1ccc(Br)cc1. The van der Waals surface area contributed by atoms with E-state index in [1.165, 1.54) is 0 Å². The number of amides is 2. The van der Waals surface area contributed by atoms with E-state index in [4.69, 9.17) is 11.6 Å². The van der Waals surface area contributed by atoms with Crippen LogP contribution < -0.4 is 9.80 Å². The van der Waals surface area contributed by atoms with Crippen LogP contribution in [0.1, 0.15) is 0 Å². The van der Waals surface area contributed by atoms with Gasteiger partial charge < -0.3 is 9.80 Å². The third-order valence-electron chi connectivity index (χ3n) is 4.09. The lowest BCUT2D eigenvalue weighted by Gasteiger charge is -2.37. The molecule has 1 saturated heterocycles. The highest BCUT2D eigenvalue weighted by atomic mass is 79.9. The largest absolute Gasteiger partial charge is 0.352 e. The van der Waals surface area contributed by atoms with Crippen molar-refractivity contribution < 1.29 is 4.79 Å². The van der Waals surface area contributed by atoms with Gasteiger partial charge in [0.05, 0.1) is 5.02 Å². The molecule has 1 aliphatic rings. The molecule has 0 radical (unpaired) electrons. The zero-order chi connectivity index (χ0) is 17.1. The quantitative estimate of drug-likeness (QED) is 0.756. The first-order valence-electron chi connectivity index (χ1n) is 7.70. The molecule has 2 amide bonds. The van der Waals surface area contributed by atoms with Gasteiger partial charge in [-0.05, 0) is 36.4 Å². The fraction of sp³-hybridized carbons (Fsp3) is 0.294. The summed E-state index contributed by atoms with van der Waals surface area (Å²) in [5.41, 5.74) is 0.874. The number of piperazine rings is 1. The minimum Gasteiger partial charge on any atom is -0.352 e. The smallest absolute Gasteiger partial charge is 0.324 e. The molecule has 0 atom stereocenters. The van der Waals surface area contributed by atoms with E-state index in [9.17, 15) is 4.79 Å². The first kappa shape index (κ1) is 17.0. The minimum atomic E-state index is 0.00379. The molecular weight excluding hydrogens is 392 g/mol. The van der Waals surface area contributed by atoms with Crippen molar-refractivity contribution in [3.8, 4) is 0 Å². The maximum absolute atomic E-state index is 12.7. The fourth-order valence-corrected chi connectivity index (χ4v) is 3.21. The molecule has 1 fully saturated rings. The highest BCUT2D eigenvalue weighted by Gasteiger charge is 2.25. The van der Waals surface area contributed by atoms with Crippen LogP contribution in [-0.4, -0.2) is 49.1 Å². The monoisotopic (exact) mass is 408 g/mol. The Morgan fingerprint density at radius 3 is 2.46 bits per heavy atom. The topological polar surface area (TPSA) is 39.7 Å². The van der Waals surface area contributed by atoms with E-state index in [-0.39, 0.29) is 6.03 Å². The normalized spacial score (nSPS) is 14.6. The molecule has 0 aliphatic carbocycles. The van der Waals surface area contributed by atoms with Gasteiger partial charge in [0, 0.05) is 49.6 Å². The molecule has 0 bridgehead atoms. The van der Waals surface area contributed by atoms with Crippen molar-refractivity contribution in [1.29, 1.82) is 0 Å². The number of benzene rings is 1. The first-order valence-corrected chi connectivity index (χ1v) is 8.87. The molecule has 7 heteroatoms. The van der Waals surface area contributed by atoms with Gasteiger partial charge >= 0.3 is 6.03 Å². The van der Waals surface area contributed by atoms with Crippen LogP contribution in [0.15, 0.2) is 47.1 Å². The summed E-state index contributed by atoms with van der Waals surface area (Å²) in [6.45, 7) is 2.73. The minimum absolute atomic E-state index is 0.00379. The summed E-state index contributed by atoms with van der Waals surface area (Å²) in [5, 5.41) is 0.643. The Hall–Kier alpha value is -1.79. The number of urea groups is 1. The number of hydrogen-bond acceptors (Lipinski definition) is 3. The van der Waals surface area contributed by atoms with E-state index in [1.807, 2.05) is 41.3 Å². The zero-order valence-electron chi connectivity index (χ0n) is 13.3. The Morgan fingerprint density at radius 2 is 1.83 bits per heavy atom. The van der Waals surface area contributed by atoms with Crippen LogP contribution in [-0.2, 0) is 0 Å². The maximum atomic E-state index is 12.7. The number of nitrogens with zero attached hydrogens (tertiary/aromatic N) is 4. The Balaban J connectivity index is 1.63. The van der Waals surface area contributed by atoms with Gasteiger partial charge in [0.2, 0.25) is 0 Å². The summed E-state index contributed by atoms with van der Waals surface area (Å²) in [6, 6.07) is 11.4. The Morgan fingerprint density at radius 1 is 1.17 bits per heavy atom. The Labute approximate surface area is 155 Å². The molecule has 24 heavy (non-hydrogen) atoms. The van der Waals surface area contributed by atoms with E-state index < -0.39 is 0 Å². The van der Waals surface area contributed by atoms with Gasteiger partial charge in [-0.1, -0.05) is 27.5 Å². The second-order valence-corrected chi connectivity index (χ2v) is 6.92. The lowest BCUT2D eigenvalue weighted by molar-refractivity contribution is 0.202. The van der Waals surface area contributed by atoms with E-state index >= 15 is 0 Å². The molecule has 126 valence electrons. The van der Waals surface area contributed by atoms with Gasteiger partial charge in [0.15, 0.2) is 0 Å². The Kier molecular flexibility index (Phi) is 5.26. The summed E-state index contributed by atoms with van der Waals surface area (Å²) in [7, 11) is 1.80. The molecule has 1 aromatic carbocycles. The van der Waals surface area contributed by atoms with Crippen LogP contribution in [0.3, 0.4) is 0 Å². The molecule has 1 aliphatic heterocycles. The van der Waals surface area contributed by atoms with Crippen molar-refractivity contribution in [3.63, 3.8) is 0 Å². The summed E-state index contributed by atoms with van der Waals surface area (Å²) < 4.78 is 0.993. The lowest BCUT2D eigenvalue weighted by atomic mass is 10.3. The molecule has 0 unspecified atom stereocenters. The number of hydrogen-bond donors (Lipinski definition) is 0. The van der Waals surface area contributed by atoms with Crippen LogP contribution in [0.4, 0.5) is 16.3 Å². The number of carbonyl (C=O) groups is 1. The number of rotatable bonds is 2. The lowest BCUT2D eigenvalue weighted by Crippen LogP contribution is -2.52. The summed E-state index contributed by atoms with van der Waals surface area (Å²) in [6.07, 6.45) is 1.74. The molecule has 0 saturated carbocycles. The maximum Gasteiger partial charge on any atom is 0.324 e. The third-order valence-corrected chi connectivity index (χ3v) is 4.91. The van der Waals surface area contributed by atoms with Crippen molar-refractivity contribution in [3.05, 3.63) is 52.1 Å². The van der Waals surface area contributed by atoms with Gasteiger partial charge in [-0.2, -0.15) is 0 Å². The summed E-state index contributed by atoms with van der Waals surface area (Å²) in [4.78, 5) is 22.7. The van der Waals surface area contributed by atoms with Crippen LogP contribution in [0.2, 0.25) is 5.02 Å². The first-order chi connectivity index (χ1) is 11.6. The van der Waals surface area contributed by atoms with Crippen LogP contribution >= 0.6 is 27.5 Å². The molecule has 0 N–H and O–H groups in total. The zero-order valence-corrected chi connectivity index (χ0v) is 15.7. The standard InChI is InChI=1S/C17H18BrClN4O/c1-21(14-6-4-13(18)5-7-14)17(24)23-11-9-22(10-12-23)16-15(19)3-2-8-20-16/h2-8H,9-12H2,1H3. The molecular formula is C17H18BrClN4O. The molecule has 5 nitrogen and oxygen atoms in total. The summed E-state index contributed by atoms with van der Waals surface area (Å²) in [5.74, 6) is 0.785. The van der Waals surface area contributed by atoms with Gasteiger partial charge in [-0.3, -0.25) is 4.90 Å². The highest BCUT2D eigenvalue weighted by Crippen LogP contribution is 2.24. The molecule has 1 aromatic heterocycles. The van der Waals surface area contributed by atoms with Crippen LogP contribution in [0.5, 0.6) is 0 Å². The molecule has 2 aromatic rings. The third kappa shape index (κ3) is 3.65. The number of anilines is 2. The molecule has 0 spiro atoms. The van der Waals surface area contributed by atoms with Gasteiger partial charge in [-0.15, -0.1) is 0 Å². The van der Waals surface area contributed by atoms with E-state index in [0.717, 1.165) is 29.1 Å². The molecule has 2 heterocycles. The molecule has 3 rings (SSSR count). The van der Waals surface area contributed by atoms with Gasteiger partial charge in [0.25, 0.3) is 0 Å². The van der Waals surface area contributed by atoms with Crippen LogP contribution in [0, 0.1) is 0 Å². The number of pyridine rings is 1.